The van der Waals surface area contributed by atoms with Crippen molar-refractivity contribution in [3.05, 3.63) is 35.1 Å². The predicted octanol–water partition coefficient (Wildman–Crippen LogP) is 1.42. The number of hydrogen-bond acceptors (Lipinski definition) is 3. The summed E-state index contributed by atoms with van der Waals surface area (Å²) in [6.45, 7) is 0. The topological polar surface area (TPSA) is 43.4 Å². The lowest BCUT2D eigenvalue weighted by atomic mass is 10.1. The molecule has 0 aliphatic carbocycles. The van der Waals surface area contributed by atoms with Gasteiger partial charge in [-0.25, -0.2) is 9.18 Å². The van der Waals surface area contributed by atoms with Gasteiger partial charge in [0, 0.05) is 5.56 Å². The van der Waals surface area contributed by atoms with Crippen molar-refractivity contribution >= 4 is 12.3 Å². The molecule has 0 N–H and O–H groups in total. The van der Waals surface area contributed by atoms with E-state index in [4.69, 9.17) is 0 Å². The Morgan fingerprint density at radius 2 is 2.23 bits per heavy atom. The van der Waals surface area contributed by atoms with Crippen molar-refractivity contribution < 1.29 is 18.7 Å². The SMILES string of the molecule is COC(=O)c1cc(F)ccc1C=O. The molecule has 0 aromatic heterocycles. The lowest BCUT2D eigenvalue weighted by molar-refractivity contribution is 0.0598. The summed E-state index contributed by atoms with van der Waals surface area (Å²) < 4.78 is 17.0. The molecule has 0 amide bonds. The third-order valence-corrected chi connectivity index (χ3v) is 1.55. The van der Waals surface area contributed by atoms with E-state index in [2.05, 4.69) is 4.74 Å². The molecule has 1 aromatic carbocycles. The van der Waals surface area contributed by atoms with Gasteiger partial charge in [0.05, 0.1) is 12.7 Å². The highest BCUT2D eigenvalue weighted by atomic mass is 19.1. The number of methoxy groups -OCH3 is 1. The van der Waals surface area contributed by atoms with E-state index in [1.54, 1.807) is 0 Å². The van der Waals surface area contributed by atoms with Crippen molar-refractivity contribution in [2.45, 2.75) is 0 Å². The first-order valence-electron chi connectivity index (χ1n) is 3.52. The molecule has 3 nitrogen and oxygen atoms in total. The van der Waals surface area contributed by atoms with E-state index in [0.717, 1.165) is 12.1 Å². The van der Waals surface area contributed by atoms with Gasteiger partial charge in [0.25, 0.3) is 0 Å². The van der Waals surface area contributed by atoms with Crippen LogP contribution in [0.15, 0.2) is 18.2 Å². The van der Waals surface area contributed by atoms with E-state index in [1.807, 2.05) is 0 Å². The normalized spacial score (nSPS) is 9.38. The minimum Gasteiger partial charge on any atom is -0.465 e. The van der Waals surface area contributed by atoms with Crippen LogP contribution < -0.4 is 0 Å². The second kappa shape index (κ2) is 3.80. The van der Waals surface area contributed by atoms with Crippen LogP contribution in [0.3, 0.4) is 0 Å². The van der Waals surface area contributed by atoms with Gasteiger partial charge in [0.1, 0.15) is 5.82 Å². The zero-order valence-electron chi connectivity index (χ0n) is 6.91. The van der Waals surface area contributed by atoms with E-state index in [9.17, 15) is 14.0 Å². The Morgan fingerprint density at radius 1 is 1.54 bits per heavy atom. The van der Waals surface area contributed by atoms with Crippen molar-refractivity contribution in [1.82, 2.24) is 0 Å². The molecule has 0 aliphatic rings. The zero-order valence-corrected chi connectivity index (χ0v) is 6.91. The Bertz CT molecular complexity index is 347. The van der Waals surface area contributed by atoms with Gasteiger partial charge in [-0.15, -0.1) is 0 Å². The molecule has 0 spiro atoms. The smallest absolute Gasteiger partial charge is 0.338 e. The molecule has 0 saturated carbocycles. The van der Waals surface area contributed by atoms with Gasteiger partial charge in [-0.2, -0.15) is 0 Å². The summed E-state index contributed by atoms with van der Waals surface area (Å²) in [6, 6.07) is 3.31. The minimum atomic E-state index is -0.721. The molecular weight excluding hydrogens is 175 g/mol. The monoisotopic (exact) mass is 182 g/mol. The molecule has 0 bridgehead atoms. The molecule has 0 heterocycles. The number of aldehydes is 1. The first kappa shape index (κ1) is 9.38. The van der Waals surface area contributed by atoms with E-state index in [0.29, 0.717) is 6.29 Å². The number of rotatable bonds is 2. The zero-order chi connectivity index (χ0) is 9.84. The van der Waals surface area contributed by atoms with Crippen molar-refractivity contribution in [2.24, 2.45) is 0 Å². The van der Waals surface area contributed by atoms with Gasteiger partial charge in [-0.3, -0.25) is 4.79 Å². The Hall–Kier alpha value is -1.71. The Morgan fingerprint density at radius 3 is 2.77 bits per heavy atom. The van der Waals surface area contributed by atoms with Gasteiger partial charge in [0.15, 0.2) is 6.29 Å². The van der Waals surface area contributed by atoms with E-state index >= 15 is 0 Å². The Balaban J connectivity index is 3.23. The molecular formula is C9H7FO3. The number of carbonyl (C=O) groups excluding carboxylic acids is 2. The molecule has 0 atom stereocenters. The first-order chi connectivity index (χ1) is 6.19. The average Bonchev–Trinajstić information content (AvgIpc) is 2.16. The third kappa shape index (κ3) is 1.90. The van der Waals surface area contributed by atoms with Gasteiger partial charge in [-0.05, 0) is 18.2 Å². The van der Waals surface area contributed by atoms with Gasteiger partial charge in [-0.1, -0.05) is 0 Å². The summed E-state index contributed by atoms with van der Waals surface area (Å²) in [5.74, 6) is -1.30. The number of esters is 1. The summed E-state index contributed by atoms with van der Waals surface area (Å²) in [6.07, 6.45) is 0.478. The van der Waals surface area contributed by atoms with Crippen molar-refractivity contribution in [3.8, 4) is 0 Å². The highest BCUT2D eigenvalue weighted by molar-refractivity contribution is 5.98. The van der Waals surface area contributed by atoms with Crippen LogP contribution in [-0.2, 0) is 4.74 Å². The molecule has 0 fully saturated rings. The number of halogens is 1. The lowest BCUT2D eigenvalue weighted by Gasteiger charge is -2.01. The standard InChI is InChI=1S/C9H7FO3/c1-13-9(12)8-4-7(10)3-2-6(8)5-11/h2-5H,1H3. The van der Waals surface area contributed by atoms with Gasteiger partial charge in [0.2, 0.25) is 0 Å². The molecule has 0 aliphatic heterocycles. The number of hydrogen-bond donors (Lipinski definition) is 0. The molecule has 4 heteroatoms. The van der Waals surface area contributed by atoms with Crippen LogP contribution in [0, 0.1) is 5.82 Å². The molecule has 1 rings (SSSR count). The molecule has 68 valence electrons. The quantitative estimate of drug-likeness (QED) is 0.513. The van der Waals surface area contributed by atoms with E-state index in [-0.39, 0.29) is 11.1 Å². The molecule has 1 aromatic rings. The van der Waals surface area contributed by atoms with Crippen molar-refractivity contribution in [2.75, 3.05) is 7.11 Å². The van der Waals surface area contributed by atoms with E-state index in [1.165, 1.54) is 13.2 Å². The fourth-order valence-electron chi connectivity index (χ4n) is 0.918. The van der Waals surface area contributed by atoms with E-state index < -0.39 is 11.8 Å². The number of benzene rings is 1. The first-order valence-corrected chi connectivity index (χ1v) is 3.52. The average molecular weight is 182 g/mol. The predicted molar refractivity (Wildman–Crippen MR) is 43.1 cm³/mol. The number of carbonyl (C=O) groups is 2. The summed E-state index contributed by atoms with van der Waals surface area (Å²) in [5.41, 5.74) is 0.0609. The molecule has 0 saturated heterocycles. The van der Waals surface area contributed by atoms with Crippen LogP contribution in [0.1, 0.15) is 20.7 Å². The maximum atomic E-state index is 12.7. The van der Waals surface area contributed by atoms with Crippen LogP contribution >= 0.6 is 0 Å². The summed E-state index contributed by atoms with van der Waals surface area (Å²) in [4.78, 5) is 21.4. The molecule has 0 unspecified atom stereocenters. The Labute approximate surface area is 74.1 Å². The van der Waals surface area contributed by atoms with Gasteiger partial charge >= 0.3 is 5.97 Å². The fourth-order valence-corrected chi connectivity index (χ4v) is 0.918. The summed E-state index contributed by atoms with van der Waals surface area (Å²) in [5, 5.41) is 0. The third-order valence-electron chi connectivity index (χ3n) is 1.55. The fraction of sp³-hybridized carbons (Fsp3) is 0.111. The second-order valence-corrected chi connectivity index (χ2v) is 2.34. The largest absolute Gasteiger partial charge is 0.465 e. The van der Waals surface area contributed by atoms with Crippen LogP contribution in [0.5, 0.6) is 0 Å². The van der Waals surface area contributed by atoms with Crippen LogP contribution in [-0.4, -0.2) is 19.4 Å². The summed E-state index contributed by atoms with van der Waals surface area (Å²) in [7, 11) is 1.17. The highest BCUT2D eigenvalue weighted by Gasteiger charge is 2.11. The minimum absolute atomic E-state index is 0.0579. The van der Waals surface area contributed by atoms with Crippen molar-refractivity contribution in [3.63, 3.8) is 0 Å². The maximum absolute atomic E-state index is 12.7. The second-order valence-electron chi connectivity index (χ2n) is 2.34. The van der Waals surface area contributed by atoms with Gasteiger partial charge < -0.3 is 4.74 Å². The number of ether oxygens (including phenoxy) is 1. The van der Waals surface area contributed by atoms with Crippen LogP contribution in [0.25, 0.3) is 0 Å². The maximum Gasteiger partial charge on any atom is 0.338 e. The van der Waals surface area contributed by atoms with Crippen LogP contribution in [0.4, 0.5) is 4.39 Å². The highest BCUT2D eigenvalue weighted by Crippen LogP contribution is 2.10. The van der Waals surface area contributed by atoms with Crippen molar-refractivity contribution in [1.29, 1.82) is 0 Å². The summed E-state index contributed by atoms with van der Waals surface area (Å²) >= 11 is 0. The Kier molecular flexibility index (Phi) is 2.74. The molecule has 13 heavy (non-hydrogen) atoms. The lowest BCUT2D eigenvalue weighted by Crippen LogP contribution is -2.05. The van der Waals surface area contributed by atoms with Crippen LogP contribution in [0.2, 0.25) is 0 Å². The molecule has 0 radical (unpaired) electrons.